The molecule has 2 aromatic carbocycles. The molecule has 1 aromatic heterocycles. The number of rotatable bonds is 6. The fourth-order valence-corrected chi connectivity index (χ4v) is 6.71. The highest BCUT2D eigenvalue weighted by Crippen LogP contribution is 2.41. The third-order valence-corrected chi connectivity index (χ3v) is 8.60. The highest BCUT2D eigenvalue weighted by Gasteiger charge is 2.36. The molecule has 1 aliphatic heterocycles. The minimum Gasteiger partial charge on any atom is -0.488 e. The number of nitrogens with one attached hydrogen (secondary N) is 1. The van der Waals surface area contributed by atoms with Gasteiger partial charge in [-0.1, -0.05) is 23.7 Å². The molecule has 3 aromatic rings. The van der Waals surface area contributed by atoms with E-state index < -0.39 is 33.6 Å². The summed E-state index contributed by atoms with van der Waals surface area (Å²) in [5.74, 6) is -0.436. The molecule has 1 fully saturated rings. The second-order valence-electron chi connectivity index (χ2n) is 8.05. The second-order valence-corrected chi connectivity index (χ2v) is 11.6. The number of hydrogen-bond donors (Lipinski definition) is 1. The molecular weight excluding hydrogens is 523 g/mol. The predicted octanol–water partition coefficient (Wildman–Crippen LogP) is 5.84. The quantitative estimate of drug-likeness (QED) is 0.424. The van der Waals surface area contributed by atoms with Gasteiger partial charge >= 0.3 is 6.18 Å². The highest BCUT2D eigenvalue weighted by molar-refractivity contribution is 7.94. The normalized spacial score (nSPS) is 16.7. The van der Waals surface area contributed by atoms with Crippen LogP contribution in [0.5, 0.6) is 5.75 Å². The Morgan fingerprint density at radius 1 is 1.20 bits per heavy atom. The summed E-state index contributed by atoms with van der Waals surface area (Å²) < 4.78 is 75.3. The first-order valence-corrected chi connectivity index (χ1v) is 13.0. The molecular formula is C23H19ClF3N3O3S2. The third-order valence-electron chi connectivity index (χ3n) is 5.42. The maximum Gasteiger partial charge on any atom is 0.419 e. The molecule has 4 rings (SSSR count). The van der Waals surface area contributed by atoms with Gasteiger partial charge in [0.05, 0.1) is 27.2 Å². The zero-order valence-electron chi connectivity index (χ0n) is 18.3. The van der Waals surface area contributed by atoms with Crippen molar-refractivity contribution < 1.29 is 26.3 Å². The number of nitrogens with zero attached hydrogens (tertiary/aromatic N) is 2. The monoisotopic (exact) mass is 541 g/mol. The largest absolute Gasteiger partial charge is 0.488 e. The van der Waals surface area contributed by atoms with Crippen LogP contribution in [-0.2, 0) is 16.2 Å². The van der Waals surface area contributed by atoms with Crippen LogP contribution in [0.25, 0.3) is 11.1 Å². The lowest BCUT2D eigenvalue weighted by atomic mass is 10.1. The molecule has 0 bridgehead atoms. The van der Waals surface area contributed by atoms with Crippen LogP contribution >= 0.6 is 22.9 Å². The molecule has 1 aliphatic rings. The van der Waals surface area contributed by atoms with Crippen molar-refractivity contribution in [3.8, 4) is 22.9 Å². The molecule has 0 amide bonds. The molecule has 1 atom stereocenters. The van der Waals surface area contributed by atoms with Crippen LogP contribution in [0.15, 0.2) is 52.7 Å². The van der Waals surface area contributed by atoms with E-state index in [4.69, 9.17) is 21.6 Å². The van der Waals surface area contributed by atoms with E-state index in [1.54, 1.807) is 24.3 Å². The van der Waals surface area contributed by atoms with E-state index in [1.807, 2.05) is 18.0 Å². The third kappa shape index (κ3) is 5.73. The lowest BCUT2D eigenvalue weighted by Gasteiger charge is -2.19. The van der Waals surface area contributed by atoms with E-state index in [-0.39, 0.29) is 14.2 Å². The molecule has 0 aliphatic carbocycles. The van der Waals surface area contributed by atoms with Crippen molar-refractivity contribution in [3.63, 3.8) is 0 Å². The van der Waals surface area contributed by atoms with E-state index in [0.29, 0.717) is 36.2 Å². The van der Waals surface area contributed by atoms with Crippen LogP contribution in [0.2, 0.25) is 4.34 Å². The summed E-state index contributed by atoms with van der Waals surface area (Å²) in [7, 11) is -2.37. The summed E-state index contributed by atoms with van der Waals surface area (Å²) in [6.07, 6.45) is -4.54. The number of nitriles is 1. The maximum atomic E-state index is 13.6. The molecule has 1 N–H and O–H groups in total. The molecule has 0 radical (unpaired) electrons. The lowest BCUT2D eigenvalue weighted by Crippen LogP contribution is -2.23. The van der Waals surface area contributed by atoms with Gasteiger partial charge < -0.3 is 9.64 Å². The van der Waals surface area contributed by atoms with Crippen molar-refractivity contribution in [2.75, 3.05) is 24.9 Å². The van der Waals surface area contributed by atoms with E-state index in [1.165, 1.54) is 6.07 Å². The number of ether oxygens (including phenoxy) is 1. The smallest absolute Gasteiger partial charge is 0.419 e. The summed E-state index contributed by atoms with van der Waals surface area (Å²) in [5.41, 5.74) is 0.189. The van der Waals surface area contributed by atoms with Crippen molar-refractivity contribution in [2.45, 2.75) is 22.9 Å². The van der Waals surface area contributed by atoms with Gasteiger partial charge in [-0.05, 0) is 49.4 Å². The van der Waals surface area contributed by atoms with Crippen molar-refractivity contribution in [1.82, 2.24) is 4.90 Å². The Hall–Kier alpha value is -2.78. The highest BCUT2D eigenvalue weighted by atomic mass is 35.5. The fourth-order valence-electron chi connectivity index (χ4n) is 3.76. The minimum atomic E-state index is -4.67. The van der Waals surface area contributed by atoms with Crippen LogP contribution < -0.4 is 9.46 Å². The Morgan fingerprint density at radius 2 is 1.91 bits per heavy atom. The summed E-state index contributed by atoms with van der Waals surface area (Å²) in [6.45, 7) is 1.16. The fraction of sp³-hybridized carbons (Fsp3) is 0.261. The van der Waals surface area contributed by atoms with Gasteiger partial charge in [0.1, 0.15) is 16.1 Å². The molecule has 0 spiro atoms. The van der Waals surface area contributed by atoms with E-state index >= 15 is 0 Å². The summed E-state index contributed by atoms with van der Waals surface area (Å²) in [4.78, 5) is 1.94. The van der Waals surface area contributed by atoms with Crippen molar-refractivity contribution in [3.05, 3.63) is 64.0 Å². The number of alkyl halides is 3. The van der Waals surface area contributed by atoms with Crippen LogP contribution in [-0.4, -0.2) is 39.6 Å². The zero-order chi connectivity index (χ0) is 25.4. The van der Waals surface area contributed by atoms with Gasteiger partial charge in [-0.3, -0.25) is 4.72 Å². The molecule has 0 saturated carbocycles. The van der Waals surface area contributed by atoms with Gasteiger partial charge in [-0.2, -0.15) is 18.4 Å². The Kier molecular flexibility index (Phi) is 7.02. The Morgan fingerprint density at radius 3 is 2.51 bits per heavy atom. The SMILES string of the molecule is CN1CC[C@@H](Oc2cc(NS(=O)(=O)c3sc(Cl)cc3-c3ccc(C#N)cc3)ccc2C(F)(F)F)C1. The average molecular weight is 542 g/mol. The zero-order valence-corrected chi connectivity index (χ0v) is 20.7. The van der Waals surface area contributed by atoms with Gasteiger partial charge in [-0.15, -0.1) is 11.3 Å². The van der Waals surface area contributed by atoms with Gasteiger partial charge in [0.2, 0.25) is 0 Å². The Bertz CT molecular complexity index is 1380. The van der Waals surface area contributed by atoms with Gasteiger partial charge in [0, 0.05) is 24.7 Å². The summed E-state index contributed by atoms with van der Waals surface area (Å²) in [6, 6.07) is 12.7. The van der Waals surface area contributed by atoms with Gasteiger partial charge in [0.25, 0.3) is 10.0 Å². The Balaban J connectivity index is 1.67. The van der Waals surface area contributed by atoms with Crippen LogP contribution in [0.3, 0.4) is 0 Å². The number of anilines is 1. The molecule has 2 heterocycles. The summed E-state index contributed by atoms with van der Waals surface area (Å²) >= 11 is 6.93. The molecule has 0 unspecified atom stereocenters. The molecule has 184 valence electrons. The number of sulfonamides is 1. The second kappa shape index (κ2) is 9.70. The van der Waals surface area contributed by atoms with Crippen molar-refractivity contribution in [1.29, 1.82) is 5.26 Å². The molecule has 1 saturated heterocycles. The molecule has 6 nitrogen and oxygen atoms in total. The minimum absolute atomic E-state index is 0.0744. The number of hydrogen-bond acceptors (Lipinski definition) is 6. The van der Waals surface area contributed by atoms with Crippen molar-refractivity contribution in [2.24, 2.45) is 0 Å². The average Bonchev–Trinajstić information content (AvgIpc) is 3.38. The maximum absolute atomic E-state index is 13.6. The topological polar surface area (TPSA) is 82.4 Å². The summed E-state index contributed by atoms with van der Waals surface area (Å²) in [5, 5.41) is 8.99. The number of thiophene rings is 1. The number of benzene rings is 2. The van der Waals surface area contributed by atoms with E-state index in [2.05, 4.69) is 4.72 Å². The standard InChI is InChI=1S/C23H19ClF3N3O3S2/c1-30-9-8-17(13-30)33-20-10-16(6-7-19(20)23(25,26)27)29-35(31,32)22-18(11-21(24)34-22)15-4-2-14(12-28)3-5-15/h2-7,10-11,17,29H,8-9,13H2,1H3/t17-/m1/s1. The van der Waals surface area contributed by atoms with E-state index in [0.717, 1.165) is 29.5 Å². The van der Waals surface area contributed by atoms with Gasteiger partial charge in [-0.25, -0.2) is 8.42 Å². The molecule has 35 heavy (non-hydrogen) atoms. The van der Waals surface area contributed by atoms with E-state index in [9.17, 15) is 21.6 Å². The Labute approximate surface area is 209 Å². The molecule has 12 heteroatoms. The van der Waals surface area contributed by atoms with Gasteiger partial charge in [0.15, 0.2) is 0 Å². The predicted molar refractivity (Wildman–Crippen MR) is 128 cm³/mol. The lowest BCUT2D eigenvalue weighted by molar-refractivity contribution is -0.139. The number of halogens is 4. The first-order valence-electron chi connectivity index (χ1n) is 10.4. The first-order chi connectivity index (χ1) is 16.5. The number of likely N-dealkylation sites (N-methyl/N-ethyl adjacent to an activating group) is 1. The van der Waals surface area contributed by atoms with Crippen LogP contribution in [0.4, 0.5) is 18.9 Å². The van der Waals surface area contributed by atoms with Crippen LogP contribution in [0.1, 0.15) is 17.5 Å². The number of likely N-dealkylation sites (tertiary alicyclic amines) is 1. The van der Waals surface area contributed by atoms with Crippen molar-refractivity contribution >= 4 is 38.6 Å². The van der Waals surface area contributed by atoms with Crippen LogP contribution in [0, 0.1) is 11.3 Å². The first kappa shape index (κ1) is 25.3.